The monoisotopic (exact) mass is 409 g/mol. The van der Waals surface area contributed by atoms with Crippen LogP contribution in [-0.4, -0.2) is 24.4 Å². The molecule has 2 heterocycles. The van der Waals surface area contributed by atoms with Crippen molar-refractivity contribution in [2.45, 2.75) is 44.3 Å². The van der Waals surface area contributed by atoms with E-state index in [0.717, 1.165) is 35.4 Å². The SMILES string of the molecule is CC(C)CCn1c(COc2ccccc2)nnc1SCc1nnsc1Cl. The number of halogens is 1. The summed E-state index contributed by atoms with van der Waals surface area (Å²) >= 11 is 8.85. The van der Waals surface area contributed by atoms with Gasteiger partial charge in [-0.3, -0.25) is 0 Å². The molecule has 0 amide bonds. The van der Waals surface area contributed by atoms with E-state index < -0.39 is 0 Å². The molecule has 3 rings (SSSR count). The van der Waals surface area contributed by atoms with Gasteiger partial charge in [-0.25, -0.2) is 0 Å². The van der Waals surface area contributed by atoms with Crippen molar-refractivity contribution in [2.75, 3.05) is 0 Å². The average Bonchev–Trinajstić information content (AvgIpc) is 3.22. The molecule has 0 fully saturated rings. The first-order valence-corrected chi connectivity index (χ1v) is 10.5. The molecule has 0 bridgehead atoms. The molecule has 6 nitrogen and oxygen atoms in total. The molecule has 3 aromatic rings. The molecule has 0 saturated carbocycles. The molecular formula is C17H20ClN5OS2. The lowest BCUT2D eigenvalue weighted by Gasteiger charge is -2.12. The number of thioether (sulfide) groups is 1. The lowest BCUT2D eigenvalue weighted by Crippen LogP contribution is -2.10. The largest absolute Gasteiger partial charge is 0.486 e. The quantitative estimate of drug-likeness (QED) is 0.477. The number of benzene rings is 1. The molecule has 1 aromatic carbocycles. The van der Waals surface area contributed by atoms with Gasteiger partial charge in [0.15, 0.2) is 11.0 Å². The van der Waals surface area contributed by atoms with E-state index >= 15 is 0 Å². The summed E-state index contributed by atoms with van der Waals surface area (Å²) in [6, 6.07) is 9.73. The van der Waals surface area contributed by atoms with E-state index in [0.29, 0.717) is 22.6 Å². The van der Waals surface area contributed by atoms with Crippen LogP contribution in [0.3, 0.4) is 0 Å². The number of para-hydroxylation sites is 1. The third-order valence-corrected chi connectivity index (χ3v) is 5.64. The molecule has 26 heavy (non-hydrogen) atoms. The van der Waals surface area contributed by atoms with E-state index in [4.69, 9.17) is 16.3 Å². The van der Waals surface area contributed by atoms with Crippen LogP contribution in [0.2, 0.25) is 4.34 Å². The molecule has 0 aliphatic heterocycles. The average molecular weight is 410 g/mol. The second-order valence-electron chi connectivity index (χ2n) is 6.12. The van der Waals surface area contributed by atoms with Crippen molar-refractivity contribution in [1.82, 2.24) is 24.4 Å². The van der Waals surface area contributed by atoms with Crippen LogP contribution in [0.15, 0.2) is 35.5 Å². The standard InChI is InChI=1S/C17H20ClN5OS2/c1-12(2)8-9-23-15(10-24-13-6-4-3-5-7-13)20-21-17(23)25-11-14-16(18)26-22-19-14/h3-7,12H,8-11H2,1-2H3. The zero-order chi connectivity index (χ0) is 18.4. The number of aromatic nitrogens is 5. The van der Waals surface area contributed by atoms with Gasteiger partial charge in [0.1, 0.15) is 22.4 Å². The van der Waals surface area contributed by atoms with Gasteiger partial charge in [0, 0.05) is 23.8 Å². The maximum atomic E-state index is 6.09. The van der Waals surface area contributed by atoms with Crippen molar-refractivity contribution in [1.29, 1.82) is 0 Å². The van der Waals surface area contributed by atoms with Gasteiger partial charge in [0.05, 0.1) is 0 Å². The van der Waals surface area contributed by atoms with Gasteiger partial charge in [-0.1, -0.05) is 59.9 Å². The fraction of sp³-hybridized carbons (Fsp3) is 0.412. The number of hydrogen-bond donors (Lipinski definition) is 0. The van der Waals surface area contributed by atoms with Crippen molar-refractivity contribution in [3.8, 4) is 5.75 Å². The predicted octanol–water partition coefficient (Wildman–Crippen LogP) is 4.70. The molecular weight excluding hydrogens is 390 g/mol. The first kappa shape index (κ1) is 19.1. The zero-order valence-electron chi connectivity index (χ0n) is 14.6. The van der Waals surface area contributed by atoms with Crippen molar-refractivity contribution >= 4 is 34.9 Å². The minimum Gasteiger partial charge on any atom is -0.486 e. The van der Waals surface area contributed by atoms with Crippen LogP contribution in [0, 0.1) is 5.92 Å². The first-order chi connectivity index (χ1) is 12.6. The van der Waals surface area contributed by atoms with E-state index in [1.165, 1.54) is 11.5 Å². The Bertz CT molecular complexity index is 822. The highest BCUT2D eigenvalue weighted by Gasteiger charge is 2.15. The summed E-state index contributed by atoms with van der Waals surface area (Å²) in [6.45, 7) is 5.65. The van der Waals surface area contributed by atoms with Gasteiger partial charge in [-0.05, 0) is 24.5 Å². The maximum absolute atomic E-state index is 6.09. The second-order valence-corrected chi connectivity index (χ2v) is 8.42. The number of nitrogens with zero attached hydrogens (tertiary/aromatic N) is 5. The summed E-state index contributed by atoms with van der Waals surface area (Å²) in [5.74, 6) is 2.85. The van der Waals surface area contributed by atoms with E-state index in [9.17, 15) is 0 Å². The molecule has 0 atom stereocenters. The molecule has 0 aliphatic carbocycles. The lowest BCUT2D eigenvalue weighted by molar-refractivity contribution is 0.285. The smallest absolute Gasteiger partial charge is 0.191 e. The topological polar surface area (TPSA) is 65.7 Å². The Hall–Kier alpha value is -1.64. The molecule has 0 spiro atoms. The Kier molecular flexibility index (Phi) is 6.87. The Morgan fingerprint density at radius 3 is 2.69 bits per heavy atom. The fourth-order valence-electron chi connectivity index (χ4n) is 2.23. The molecule has 0 radical (unpaired) electrons. The van der Waals surface area contributed by atoms with E-state index in [-0.39, 0.29) is 0 Å². The molecule has 138 valence electrons. The summed E-state index contributed by atoms with van der Waals surface area (Å²) < 4.78 is 12.5. The Morgan fingerprint density at radius 2 is 2.00 bits per heavy atom. The predicted molar refractivity (Wildman–Crippen MR) is 105 cm³/mol. The highest BCUT2D eigenvalue weighted by Crippen LogP contribution is 2.27. The Balaban J connectivity index is 1.71. The van der Waals surface area contributed by atoms with Crippen molar-refractivity contribution < 1.29 is 4.74 Å². The van der Waals surface area contributed by atoms with Crippen LogP contribution in [0.1, 0.15) is 31.8 Å². The minimum absolute atomic E-state index is 0.384. The molecule has 2 aromatic heterocycles. The molecule has 0 aliphatic rings. The van der Waals surface area contributed by atoms with Crippen LogP contribution in [0.25, 0.3) is 0 Å². The number of ether oxygens (including phenoxy) is 1. The summed E-state index contributed by atoms with van der Waals surface area (Å²) in [4.78, 5) is 0. The van der Waals surface area contributed by atoms with Crippen molar-refractivity contribution in [3.05, 3.63) is 46.2 Å². The van der Waals surface area contributed by atoms with Crippen molar-refractivity contribution in [2.24, 2.45) is 5.92 Å². The number of rotatable bonds is 9. The van der Waals surface area contributed by atoms with Crippen LogP contribution < -0.4 is 4.74 Å². The Morgan fingerprint density at radius 1 is 1.19 bits per heavy atom. The van der Waals surface area contributed by atoms with Crippen LogP contribution in [-0.2, 0) is 18.9 Å². The van der Waals surface area contributed by atoms with Gasteiger partial charge < -0.3 is 9.30 Å². The Labute approximate surface area is 166 Å². The van der Waals surface area contributed by atoms with Crippen LogP contribution in [0.4, 0.5) is 0 Å². The molecule has 9 heteroatoms. The second kappa shape index (κ2) is 9.34. The third kappa shape index (κ3) is 5.18. The van der Waals surface area contributed by atoms with E-state index in [1.54, 1.807) is 11.8 Å². The normalized spacial score (nSPS) is 11.2. The van der Waals surface area contributed by atoms with Crippen molar-refractivity contribution in [3.63, 3.8) is 0 Å². The van der Waals surface area contributed by atoms with Gasteiger partial charge in [-0.2, -0.15) is 0 Å². The molecule has 0 unspecified atom stereocenters. The summed E-state index contributed by atoms with van der Waals surface area (Å²) in [6.07, 6.45) is 1.04. The first-order valence-electron chi connectivity index (χ1n) is 8.33. The minimum atomic E-state index is 0.384. The summed E-state index contributed by atoms with van der Waals surface area (Å²) in [7, 11) is 0. The van der Waals surface area contributed by atoms with Crippen LogP contribution in [0.5, 0.6) is 5.75 Å². The zero-order valence-corrected chi connectivity index (χ0v) is 17.0. The lowest BCUT2D eigenvalue weighted by atomic mass is 10.1. The summed E-state index contributed by atoms with van der Waals surface area (Å²) in [5, 5.41) is 13.6. The highest BCUT2D eigenvalue weighted by atomic mass is 35.5. The van der Waals surface area contributed by atoms with E-state index in [1.807, 2.05) is 30.3 Å². The fourth-order valence-corrected chi connectivity index (χ4v) is 3.94. The third-order valence-electron chi connectivity index (χ3n) is 3.68. The summed E-state index contributed by atoms with van der Waals surface area (Å²) in [5.41, 5.74) is 0.780. The van der Waals surface area contributed by atoms with Crippen LogP contribution >= 0.6 is 34.9 Å². The van der Waals surface area contributed by atoms with Gasteiger partial charge >= 0.3 is 0 Å². The highest BCUT2D eigenvalue weighted by molar-refractivity contribution is 7.98. The molecule has 0 N–H and O–H groups in total. The van der Waals surface area contributed by atoms with Gasteiger partial charge in [-0.15, -0.1) is 15.3 Å². The van der Waals surface area contributed by atoms with Gasteiger partial charge in [0.2, 0.25) is 0 Å². The van der Waals surface area contributed by atoms with Gasteiger partial charge in [0.25, 0.3) is 0 Å². The maximum Gasteiger partial charge on any atom is 0.191 e. The number of hydrogen-bond acceptors (Lipinski definition) is 7. The van der Waals surface area contributed by atoms with E-state index in [2.05, 4.69) is 38.2 Å². The molecule has 0 saturated heterocycles.